The highest BCUT2D eigenvalue weighted by atomic mass is 79.9. The molecule has 4 aromatic rings. The first-order chi connectivity index (χ1) is 14.9. The molecule has 0 unspecified atom stereocenters. The van der Waals surface area contributed by atoms with Crippen molar-refractivity contribution in [2.45, 2.75) is 13.3 Å². The van der Waals surface area contributed by atoms with Gasteiger partial charge in [0.05, 0.1) is 6.42 Å². The standard InChI is InChI=1S/C23H18BrFN4O2/c1-13-18(19-10-16(25)6-7-20(19)27-13)11-22(30)28-17-4-2-3-14(9-17)23(31)29-21-8-5-15(24)12-26-21/h2-10,12,27H,11H2,1H3,(H,28,30)(H,26,29,31). The van der Waals surface area contributed by atoms with Crippen molar-refractivity contribution in [2.24, 2.45) is 0 Å². The average Bonchev–Trinajstić information content (AvgIpc) is 3.04. The molecular formula is C23H18BrFN4O2. The molecular weight excluding hydrogens is 463 g/mol. The predicted molar refractivity (Wildman–Crippen MR) is 122 cm³/mol. The number of nitrogens with one attached hydrogen (secondary N) is 3. The number of hydrogen-bond acceptors (Lipinski definition) is 3. The molecule has 0 fully saturated rings. The van der Waals surface area contributed by atoms with Crippen molar-refractivity contribution < 1.29 is 14.0 Å². The lowest BCUT2D eigenvalue weighted by atomic mass is 10.1. The average molecular weight is 481 g/mol. The largest absolute Gasteiger partial charge is 0.358 e. The molecule has 0 aliphatic carbocycles. The summed E-state index contributed by atoms with van der Waals surface area (Å²) in [6.45, 7) is 1.85. The van der Waals surface area contributed by atoms with Crippen LogP contribution in [0.25, 0.3) is 10.9 Å². The van der Waals surface area contributed by atoms with Gasteiger partial charge in [0.1, 0.15) is 11.6 Å². The number of halogens is 2. The van der Waals surface area contributed by atoms with E-state index in [2.05, 4.69) is 36.5 Å². The van der Waals surface area contributed by atoms with Crippen LogP contribution in [0.5, 0.6) is 0 Å². The first-order valence-corrected chi connectivity index (χ1v) is 10.3. The van der Waals surface area contributed by atoms with Crippen LogP contribution < -0.4 is 10.6 Å². The van der Waals surface area contributed by atoms with Crippen molar-refractivity contribution in [1.82, 2.24) is 9.97 Å². The highest BCUT2D eigenvalue weighted by Crippen LogP contribution is 2.24. The highest BCUT2D eigenvalue weighted by Gasteiger charge is 2.14. The van der Waals surface area contributed by atoms with Gasteiger partial charge in [-0.2, -0.15) is 0 Å². The summed E-state index contributed by atoms with van der Waals surface area (Å²) in [5, 5.41) is 6.20. The minimum Gasteiger partial charge on any atom is -0.358 e. The van der Waals surface area contributed by atoms with E-state index in [0.29, 0.717) is 22.5 Å². The molecule has 0 saturated carbocycles. The fourth-order valence-corrected chi connectivity index (χ4v) is 3.56. The Morgan fingerprint density at radius 3 is 2.71 bits per heavy atom. The Morgan fingerprint density at radius 1 is 1.10 bits per heavy atom. The van der Waals surface area contributed by atoms with Crippen molar-refractivity contribution in [3.63, 3.8) is 0 Å². The number of anilines is 2. The van der Waals surface area contributed by atoms with Crippen LogP contribution in [0, 0.1) is 12.7 Å². The molecule has 31 heavy (non-hydrogen) atoms. The maximum Gasteiger partial charge on any atom is 0.256 e. The number of H-pyrrole nitrogens is 1. The third-order valence-electron chi connectivity index (χ3n) is 4.80. The number of carbonyl (C=O) groups excluding carboxylic acids is 2. The SMILES string of the molecule is Cc1[nH]c2ccc(F)cc2c1CC(=O)Nc1cccc(C(=O)Nc2ccc(Br)cn2)c1. The molecule has 0 saturated heterocycles. The maximum atomic E-state index is 13.6. The zero-order valence-corrected chi connectivity index (χ0v) is 18.1. The Morgan fingerprint density at radius 2 is 1.94 bits per heavy atom. The molecule has 4 rings (SSSR count). The molecule has 0 bridgehead atoms. The maximum absolute atomic E-state index is 13.6. The quantitative estimate of drug-likeness (QED) is 0.366. The van der Waals surface area contributed by atoms with Crippen LogP contribution >= 0.6 is 15.9 Å². The second-order valence-corrected chi connectivity index (χ2v) is 7.96. The van der Waals surface area contributed by atoms with Crippen molar-refractivity contribution in [1.29, 1.82) is 0 Å². The van der Waals surface area contributed by atoms with Crippen LogP contribution in [-0.2, 0) is 11.2 Å². The van der Waals surface area contributed by atoms with Crippen molar-refractivity contribution in [3.8, 4) is 0 Å². The molecule has 2 heterocycles. The van der Waals surface area contributed by atoms with Gasteiger partial charge in [-0.1, -0.05) is 6.07 Å². The number of aromatic amines is 1. The Hall–Kier alpha value is -3.52. The summed E-state index contributed by atoms with van der Waals surface area (Å²) < 4.78 is 14.5. The molecule has 8 heteroatoms. The van der Waals surface area contributed by atoms with E-state index in [1.807, 2.05) is 6.92 Å². The number of pyridine rings is 1. The molecule has 0 atom stereocenters. The van der Waals surface area contributed by atoms with E-state index in [1.165, 1.54) is 12.1 Å². The normalized spacial score (nSPS) is 10.8. The summed E-state index contributed by atoms with van der Waals surface area (Å²) in [7, 11) is 0. The Kier molecular flexibility index (Phi) is 5.81. The monoisotopic (exact) mass is 480 g/mol. The van der Waals surface area contributed by atoms with Crippen molar-refractivity contribution in [2.75, 3.05) is 10.6 Å². The second kappa shape index (κ2) is 8.69. The summed E-state index contributed by atoms with van der Waals surface area (Å²) in [6.07, 6.45) is 1.67. The van der Waals surface area contributed by atoms with Gasteiger partial charge >= 0.3 is 0 Å². The van der Waals surface area contributed by atoms with Gasteiger partial charge in [-0.15, -0.1) is 0 Å². The number of carbonyl (C=O) groups is 2. The number of fused-ring (bicyclic) bond motifs is 1. The molecule has 0 aliphatic heterocycles. The zero-order chi connectivity index (χ0) is 22.0. The van der Waals surface area contributed by atoms with E-state index in [9.17, 15) is 14.0 Å². The third-order valence-corrected chi connectivity index (χ3v) is 5.27. The van der Waals surface area contributed by atoms with Crippen LogP contribution in [0.4, 0.5) is 15.9 Å². The van der Waals surface area contributed by atoms with Crippen molar-refractivity contribution >= 4 is 50.2 Å². The lowest BCUT2D eigenvalue weighted by Gasteiger charge is -2.09. The fourth-order valence-electron chi connectivity index (χ4n) is 3.32. The van der Waals surface area contributed by atoms with Crippen LogP contribution in [0.15, 0.2) is 65.3 Å². The van der Waals surface area contributed by atoms with Crippen LogP contribution in [-0.4, -0.2) is 21.8 Å². The van der Waals surface area contributed by atoms with E-state index < -0.39 is 0 Å². The number of amides is 2. The molecule has 0 spiro atoms. The number of aryl methyl sites for hydroxylation is 1. The van der Waals surface area contributed by atoms with Gasteiger partial charge in [0.2, 0.25) is 5.91 Å². The van der Waals surface area contributed by atoms with Crippen LogP contribution in [0.2, 0.25) is 0 Å². The molecule has 2 amide bonds. The van der Waals surface area contributed by atoms with Gasteiger partial charge in [0.15, 0.2) is 0 Å². The topological polar surface area (TPSA) is 86.9 Å². The second-order valence-electron chi connectivity index (χ2n) is 7.04. The zero-order valence-electron chi connectivity index (χ0n) is 16.5. The Balaban J connectivity index is 1.47. The Labute approximate surface area is 186 Å². The Bertz CT molecular complexity index is 1280. The van der Waals surface area contributed by atoms with Crippen LogP contribution in [0.3, 0.4) is 0 Å². The minimum absolute atomic E-state index is 0.0779. The van der Waals surface area contributed by atoms with Crippen molar-refractivity contribution in [3.05, 3.63) is 87.9 Å². The van der Waals surface area contributed by atoms with Crippen LogP contribution in [0.1, 0.15) is 21.6 Å². The van der Waals surface area contributed by atoms with Gasteiger partial charge in [0.25, 0.3) is 5.91 Å². The number of aromatic nitrogens is 2. The number of nitrogens with zero attached hydrogens (tertiary/aromatic N) is 1. The lowest BCUT2D eigenvalue weighted by Crippen LogP contribution is -2.16. The molecule has 3 N–H and O–H groups in total. The van der Waals surface area contributed by atoms with E-state index in [0.717, 1.165) is 21.2 Å². The lowest BCUT2D eigenvalue weighted by molar-refractivity contribution is -0.115. The molecule has 2 aromatic heterocycles. The highest BCUT2D eigenvalue weighted by molar-refractivity contribution is 9.10. The minimum atomic E-state index is -0.355. The first-order valence-electron chi connectivity index (χ1n) is 9.48. The number of hydrogen-bond donors (Lipinski definition) is 3. The summed E-state index contributed by atoms with van der Waals surface area (Å²) in [5.41, 5.74) is 3.20. The van der Waals surface area contributed by atoms with E-state index >= 15 is 0 Å². The van der Waals surface area contributed by atoms with E-state index in [1.54, 1.807) is 48.7 Å². The predicted octanol–water partition coefficient (Wildman–Crippen LogP) is 5.21. The summed E-state index contributed by atoms with van der Waals surface area (Å²) in [5.74, 6) is -0.536. The molecule has 2 aromatic carbocycles. The van der Waals surface area contributed by atoms with E-state index in [4.69, 9.17) is 0 Å². The fraction of sp³-hybridized carbons (Fsp3) is 0.0870. The van der Waals surface area contributed by atoms with Gasteiger partial charge in [-0.25, -0.2) is 9.37 Å². The molecule has 156 valence electrons. The molecule has 0 radical (unpaired) electrons. The van der Waals surface area contributed by atoms with E-state index in [-0.39, 0.29) is 24.1 Å². The molecule has 6 nitrogen and oxygen atoms in total. The summed E-state index contributed by atoms with van der Waals surface area (Å²) in [4.78, 5) is 32.4. The summed E-state index contributed by atoms with van der Waals surface area (Å²) in [6, 6.07) is 14.5. The molecule has 0 aliphatic rings. The van der Waals surface area contributed by atoms with Gasteiger partial charge in [-0.05, 0) is 76.9 Å². The van der Waals surface area contributed by atoms with Gasteiger partial charge < -0.3 is 15.6 Å². The summed E-state index contributed by atoms with van der Waals surface area (Å²) >= 11 is 3.30. The first kappa shape index (κ1) is 20.7. The number of rotatable bonds is 5. The number of benzene rings is 2. The van der Waals surface area contributed by atoms with Gasteiger partial charge in [0, 0.05) is 38.5 Å². The van der Waals surface area contributed by atoms with Gasteiger partial charge in [-0.3, -0.25) is 9.59 Å². The smallest absolute Gasteiger partial charge is 0.256 e. The third kappa shape index (κ3) is 4.80.